The molecule has 2 aromatic carbocycles. The molecule has 0 bridgehead atoms. The lowest BCUT2D eigenvalue weighted by Gasteiger charge is -2.09. The average molecular weight is 359 g/mol. The molecule has 2 heterocycles. The highest BCUT2D eigenvalue weighted by atomic mass is 16.5. The number of rotatable bonds is 4. The van der Waals surface area contributed by atoms with Crippen LogP contribution < -0.4 is 5.32 Å². The van der Waals surface area contributed by atoms with Crippen molar-refractivity contribution in [2.24, 2.45) is 0 Å². The lowest BCUT2D eigenvalue weighted by molar-refractivity contribution is 0.0601. The summed E-state index contributed by atoms with van der Waals surface area (Å²) >= 11 is 0. The van der Waals surface area contributed by atoms with Gasteiger partial charge in [0.15, 0.2) is 5.65 Å². The minimum atomic E-state index is -0.369. The second-order valence-corrected chi connectivity index (χ2v) is 5.94. The third kappa shape index (κ3) is 3.22. The molecule has 4 rings (SSSR count). The van der Waals surface area contributed by atoms with E-state index in [2.05, 4.69) is 20.4 Å². The summed E-state index contributed by atoms with van der Waals surface area (Å²) in [5.41, 5.74) is 2.94. The Balaban J connectivity index is 1.72. The summed E-state index contributed by atoms with van der Waals surface area (Å²) in [7, 11) is 1.36. The topological polar surface area (TPSA) is 81.9 Å². The van der Waals surface area contributed by atoms with E-state index in [9.17, 15) is 4.79 Å². The van der Waals surface area contributed by atoms with Gasteiger partial charge in [0, 0.05) is 5.69 Å². The van der Waals surface area contributed by atoms with Gasteiger partial charge in [0.25, 0.3) is 0 Å². The number of hydrogen-bond acceptors (Lipinski definition) is 6. The summed E-state index contributed by atoms with van der Waals surface area (Å²) in [5.74, 6) is 0.922. The summed E-state index contributed by atoms with van der Waals surface area (Å²) < 4.78 is 6.51. The number of nitrogens with zero attached hydrogens (tertiary/aromatic N) is 4. The van der Waals surface area contributed by atoms with E-state index in [-0.39, 0.29) is 5.97 Å². The van der Waals surface area contributed by atoms with Gasteiger partial charge >= 0.3 is 5.97 Å². The summed E-state index contributed by atoms with van der Waals surface area (Å²) in [6.45, 7) is 1.84. The first kappa shape index (κ1) is 16.7. The predicted molar refractivity (Wildman–Crippen MR) is 102 cm³/mol. The van der Waals surface area contributed by atoms with Crippen molar-refractivity contribution in [2.75, 3.05) is 12.4 Å². The maximum Gasteiger partial charge on any atom is 0.337 e. The van der Waals surface area contributed by atoms with E-state index in [4.69, 9.17) is 4.74 Å². The van der Waals surface area contributed by atoms with E-state index in [1.165, 1.54) is 7.11 Å². The van der Waals surface area contributed by atoms with E-state index in [1.807, 2.05) is 37.3 Å². The van der Waals surface area contributed by atoms with Gasteiger partial charge in [0.05, 0.1) is 29.9 Å². The molecule has 7 heteroatoms. The Bertz CT molecular complexity index is 1100. The van der Waals surface area contributed by atoms with Gasteiger partial charge in [0.1, 0.15) is 11.6 Å². The number of ether oxygens (including phenoxy) is 1. The van der Waals surface area contributed by atoms with Crippen molar-refractivity contribution in [3.8, 4) is 5.69 Å². The quantitative estimate of drug-likeness (QED) is 0.560. The lowest BCUT2D eigenvalue weighted by atomic mass is 10.2. The number of hydrogen-bond donors (Lipinski definition) is 1. The molecular formula is C20H17N5O2. The normalized spacial score (nSPS) is 10.7. The summed E-state index contributed by atoms with van der Waals surface area (Å²) in [5, 5.41) is 8.56. The largest absolute Gasteiger partial charge is 0.465 e. The molecule has 2 aromatic heterocycles. The molecule has 0 unspecified atom stereocenters. The Morgan fingerprint density at radius 2 is 1.78 bits per heavy atom. The molecule has 0 saturated carbocycles. The molecule has 7 nitrogen and oxygen atoms in total. The average Bonchev–Trinajstić information content (AvgIpc) is 3.12. The Kier molecular flexibility index (Phi) is 4.25. The van der Waals surface area contributed by atoms with E-state index >= 15 is 0 Å². The highest BCUT2D eigenvalue weighted by Gasteiger charge is 2.13. The van der Waals surface area contributed by atoms with Gasteiger partial charge in [-0.25, -0.2) is 19.4 Å². The first-order valence-corrected chi connectivity index (χ1v) is 8.39. The van der Waals surface area contributed by atoms with Crippen LogP contribution in [0.3, 0.4) is 0 Å². The number of aryl methyl sites for hydroxylation is 1. The van der Waals surface area contributed by atoms with E-state index < -0.39 is 0 Å². The number of nitrogens with one attached hydrogen (secondary N) is 1. The number of para-hydroxylation sites is 1. The van der Waals surface area contributed by atoms with Gasteiger partial charge < -0.3 is 10.1 Å². The molecular weight excluding hydrogens is 342 g/mol. The Morgan fingerprint density at radius 1 is 1.04 bits per heavy atom. The zero-order valence-corrected chi connectivity index (χ0v) is 14.9. The third-order valence-electron chi connectivity index (χ3n) is 4.11. The molecule has 1 N–H and O–H groups in total. The SMILES string of the molecule is COC(=O)c1ccc(Nc2nc(C)nc3c2cnn3-c2ccccc2)cc1. The smallest absolute Gasteiger partial charge is 0.337 e. The predicted octanol–water partition coefficient (Wildman–Crippen LogP) is 3.65. The first-order chi connectivity index (χ1) is 13.2. The molecule has 0 radical (unpaired) electrons. The molecule has 0 amide bonds. The summed E-state index contributed by atoms with van der Waals surface area (Å²) in [6.07, 6.45) is 1.74. The third-order valence-corrected chi connectivity index (χ3v) is 4.11. The molecule has 134 valence electrons. The van der Waals surface area contributed by atoms with Crippen LogP contribution in [-0.4, -0.2) is 32.8 Å². The van der Waals surface area contributed by atoms with Crippen molar-refractivity contribution in [3.63, 3.8) is 0 Å². The van der Waals surface area contributed by atoms with Crippen LogP contribution in [0.25, 0.3) is 16.7 Å². The van der Waals surface area contributed by atoms with Gasteiger partial charge in [-0.05, 0) is 43.3 Å². The Hall–Kier alpha value is -3.74. The number of anilines is 2. The highest BCUT2D eigenvalue weighted by molar-refractivity contribution is 5.91. The van der Waals surface area contributed by atoms with Crippen LogP contribution in [0.4, 0.5) is 11.5 Å². The Labute approximate surface area is 155 Å². The van der Waals surface area contributed by atoms with Crippen LogP contribution in [0.5, 0.6) is 0 Å². The van der Waals surface area contributed by atoms with Crippen molar-refractivity contribution >= 4 is 28.5 Å². The maximum absolute atomic E-state index is 11.6. The lowest BCUT2D eigenvalue weighted by Crippen LogP contribution is -2.03. The van der Waals surface area contributed by atoms with Crippen molar-refractivity contribution in [3.05, 3.63) is 72.2 Å². The van der Waals surface area contributed by atoms with Gasteiger partial charge in [-0.2, -0.15) is 5.10 Å². The van der Waals surface area contributed by atoms with Crippen LogP contribution in [0, 0.1) is 6.92 Å². The molecule has 0 fully saturated rings. The second kappa shape index (κ2) is 6.87. The molecule has 0 spiro atoms. The van der Waals surface area contributed by atoms with Crippen molar-refractivity contribution in [1.82, 2.24) is 19.7 Å². The van der Waals surface area contributed by atoms with Gasteiger partial charge in [0.2, 0.25) is 0 Å². The number of fused-ring (bicyclic) bond motifs is 1. The monoisotopic (exact) mass is 359 g/mol. The van der Waals surface area contributed by atoms with E-state index in [1.54, 1.807) is 35.1 Å². The van der Waals surface area contributed by atoms with E-state index in [0.717, 1.165) is 22.4 Å². The minimum Gasteiger partial charge on any atom is -0.465 e. The number of carbonyl (C=O) groups excluding carboxylic acids is 1. The summed E-state index contributed by atoms with van der Waals surface area (Å²) in [6, 6.07) is 16.8. The fourth-order valence-electron chi connectivity index (χ4n) is 2.81. The molecule has 0 aliphatic carbocycles. The van der Waals surface area contributed by atoms with E-state index in [0.29, 0.717) is 17.2 Å². The van der Waals surface area contributed by atoms with Crippen LogP contribution in [-0.2, 0) is 4.74 Å². The molecule has 0 saturated heterocycles. The molecule has 27 heavy (non-hydrogen) atoms. The van der Waals surface area contributed by atoms with Crippen LogP contribution in [0.15, 0.2) is 60.8 Å². The van der Waals surface area contributed by atoms with Gasteiger partial charge in [-0.15, -0.1) is 0 Å². The number of aromatic nitrogens is 4. The van der Waals surface area contributed by atoms with Crippen molar-refractivity contribution < 1.29 is 9.53 Å². The minimum absolute atomic E-state index is 0.369. The van der Waals surface area contributed by atoms with Gasteiger partial charge in [-0.3, -0.25) is 0 Å². The van der Waals surface area contributed by atoms with Crippen LogP contribution in [0.2, 0.25) is 0 Å². The highest BCUT2D eigenvalue weighted by Crippen LogP contribution is 2.25. The zero-order valence-electron chi connectivity index (χ0n) is 14.9. The number of esters is 1. The number of benzene rings is 2. The van der Waals surface area contributed by atoms with Crippen molar-refractivity contribution in [1.29, 1.82) is 0 Å². The van der Waals surface area contributed by atoms with Crippen LogP contribution >= 0.6 is 0 Å². The first-order valence-electron chi connectivity index (χ1n) is 8.39. The zero-order chi connectivity index (χ0) is 18.8. The standard InChI is InChI=1S/C20H17N5O2/c1-13-22-18(24-15-10-8-14(9-11-15)20(26)27-2)17-12-21-25(19(17)23-13)16-6-4-3-5-7-16/h3-12H,1-2H3,(H,22,23,24). The Morgan fingerprint density at radius 3 is 2.48 bits per heavy atom. The number of methoxy groups -OCH3 is 1. The fourth-order valence-corrected chi connectivity index (χ4v) is 2.81. The molecule has 0 atom stereocenters. The molecule has 0 aliphatic rings. The number of carbonyl (C=O) groups is 1. The van der Waals surface area contributed by atoms with Crippen LogP contribution in [0.1, 0.15) is 16.2 Å². The second-order valence-electron chi connectivity index (χ2n) is 5.94. The van der Waals surface area contributed by atoms with Crippen molar-refractivity contribution in [2.45, 2.75) is 6.92 Å². The molecule has 4 aromatic rings. The van der Waals surface area contributed by atoms with Gasteiger partial charge in [-0.1, -0.05) is 18.2 Å². The maximum atomic E-state index is 11.6. The molecule has 0 aliphatic heterocycles. The fraction of sp³-hybridized carbons (Fsp3) is 0.100. The summed E-state index contributed by atoms with van der Waals surface area (Å²) in [4.78, 5) is 20.6.